The molecule has 20 heavy (non-hydrogen) atoms. The number of nitrogens with two attached hydrogens (primary N) is 1. The summed E-state index contributed by atoms with van der Waals surface area (Å²) in [6, 6.07) is 10.8. The van der Waals surface area contributed by atoms with E-state index in [-0.39, 0.29) is 11.9 Å². The van der Waals surface area contributed by atoms with Gasteiger partial charge in [-0.1, -0.05) is 24.3 Å². The van der Waals surface area contributed by atoms with Crippen LogP contribution in [0, 0.1) is 12.7 Å². The summed E-state index contributed by atoms with van der Waals surface area (Å²) in [5.74, 6) is 5.48. The zero-order valence-electron chi connectivity index (χ0n) is 11.3. The van der Waals surface area contributed by atoms with Crippen molar-refractivity contribution in [3.63, 3.8) is 0 Å². The van der Waals surface area contributed by atoms with Gasteiger partial charge in [-0.2, -0.15) is 0 Å². The van der Waals surface area contributed by atoms with Crippen LogP contribution in [-0.4, -0.2) is 0 Å². The Morgan fingerprint density at radius 1 is 1.15 bits per heavy atom. The minimum Gasteiger partial charge on any atom is -0.372 e. The molecule has 3 rings (SSSR count). The number of fused-ring (bicyclic) bond motifs is 1. The van der Waals surface area contributed by atoms with E-state index in [1.165, 1.54) is 23.3 Å². The number of benzene rings is 2. The quantitative estimate of drug-likeness (QED) is 0.667. The lowest BCUT2D eigenvalue weighted by Crippen LogP contribution is -2.29. The van der Waals surface area contributed by atoms with Crippen molar-refractivity contribution in [2.24, 2.45) is 5.84 Å². The summed E-state index contributed by atoms with van der Waals surface area (Å²) in [4.78, 5) is 0. The molecule has 4 heteroatoms. The highest BCUT2D eigenvalue weighted by Gasteiger charge is 2.18. The lowest BCUT2D eigenvalue weighted by atomic mass is 9.93. The Balaban J connectivity index is 2.01. The SMILES string of the molecule is Cc1cc(F)ccc1C(NN)c1ccc2c(c1)COC2. The lowest BCUT2D eigenvalue weighted by Gasteiger charge is -2.20. The van der Waals surface area contributed by atoms with E-state index < -0.39 is 0 Å². The Hall–Kier alpha value is -1.75. The van der Waals surface area contributed by atoms with E-state index in [0.717, 1.165) is 16.7 Å². The molecule has 0 amide bonds. The Kier molecular flexibility index (Phi) is 3.53. The van der Waals surface area contributed by atoms with Gasteiger partial charge in [0.05, 0.1) is 19.3 Å². The van der Waals surface area contributed by atoms with Crippen LogP contribution in [0.25, 0.3) is 0 Å². The molecule has 1 aliphatic heterocycles. The first-order chi connectivity index (χ1) is 9.69. The van der Waals surface area contributed by atoms with Crippen molar-refractivity contribution in [3.8, 4) is 0 Å². The van der Waals surface area contributed by atoms with Crippen LogP contribution in [0.15, 0.2) is 36.4 Å². The number of hydrogen-bond acceptors (Lipinski definition) is 3. The van der Waals surface area contributed by atoms with E-state index in [1.54, 1.807) is 6.07 Å². The summed E-state index contributed by atoms with van der Waals surface area (Å²) in [7, 11) is 0. The molecule has 1 unspecified atom stereocenters. The fourth-order valence-electron chi connectivity index (χ4n) is 2.70. The number of ether oxygens (including phenoxy) is 1. The highest BCUT2D eigenvalue weighted by Crippen LogP contribution is 2.28. The van der Waals surface area contributed by atoms with Crippen LogP contribution < -0.4 is 11.3 Å². The molecule has 0 aliphatic carbocycles. The second-order valence-corrected chi connectivity index (χ2v) is 5.12. The van der Waals surface area contributed by atoms with E-state index >= 15 is 0 Å². The minimum atomic E-state index is -0.232. The van der Waals surface area contributed by atoms with Gasteiger partial charge in [-0.25, -0.2) is 9.82 Å². The van der Waals surface area contributed by atoms with Crippen molar-refractivity contribution >= 4 is 0 Å². The van der Waals surface area contributed by atoms with E-state index in [4.69, 9.17) is 10.6 Å². The third-order valence-electron chi connectivity index (χ3n) is 3.79. The number of halogens is 1. The van der Waals surface area contributed by atoms with Crippen LogP contribution in [0.3, 0.4) is 0 Å². The van der Waals surface area contributed by atoms with Gasteiger partial charge in [-0.3, -0.25) is 5.84 Å². The first-order valence-electron chi connectivity index (χ1n) is 6.60. The van der Waals surface area contributed by atoms with Crippen LogP contribution in [0.2, 0.25) is 0 Å². The van der Waals surface area contributed by atoms with Gasteiger partial charge in [0.2, 0.25) is 0 Å². The Bertz CT molecular complexity index is 642. The van der Waals surface area contributed by atoms with Crippen LogP contribution in [0.4, 0.5) is 4.39 Å². The molecule has 2 aromatic rings. The van der Waals surface area contributed by atoms with E-state index in [1.807, 2.05) is 13.0 Å². The molecular weight excluding hydrogens is 255 g/mol. The summed E-state index contributed by atoms with van der Waals surface area (Å²) < 4.78 is 18.7. The zero-order chi connectivity index (χ0) is 14.1. The maximum Gasteiger partial charge on any atom is 0.123 e. The minimum absolute atomic E-state index is 0.151. The monoisotopic (exact) mass is 272 g/mol. The van der Waals surface area contributed by atoms with E-state index in [2.05, 4.69) is 17.6 Å². The Labute approximate surface area is 117 Å². The maximum atomic E-state index is 13.2. The standard InChI is InChI=1S/C16H17FN2O/c1-10-6-14(17)4-5-15(10)16(19-18)11-2-3-12-8-20-9-13(12)7-11/h2-7,16,19H,8-9,18H2,1H3. The predicted molar refractivity (Wildman–Crippen MR) is 75.2 cm³/mol. The van der Waals surface area contributed by atoms with Crippen molar-refractivity contribution < 1.29 is 9.13 Å². The van der Waals surface area contributed by atoms with Crippen LogP contribution in [-0.2, 0) is 18.0 Å². The highest BCUT2D eigenvalue weighted by molar-refractivity contribution is 5.41. The average molecular weight is 272 g/mol. The summed E-state index contributed by atoms with van der Waals surface area (Å²) in [6.07, 6.45) is 0. The summed E-state index contributed by atoms with van der Waals surface area (Å²) in [5, 5.41) is 0. The van der Waals surface area contributed by atoms with Gasteiger partial charge >= 0.3 is 0 Å². The summed E-state index contributed by atoms with van der Waals surface area (Å²) >= 11 is 0. The number of hydrazine groups is 1. The number of rotatable bonds is 3. The molecule has 0 fully saturated rings. The molecule has 3 nitrogen and oxygen atoms in total. The van der Waals surface area contributed by atoms with Gasteiger partial charge in [-0.05, 0) is 46.9 Å². The summed E-state index contributed by atoms with van der Waals surface area (Å²) in [5.41, 5.74) is 8.16. The molecule has 2 aromatic carbocycles. The number of hydrogen-bond donors (Lipinski definition) is 2. The fraction of sp³-hybridized carbons (Fsp3) is 0.250. The van der Waals surface area contributed by atoms with Gasteiger partial charge in [0.15, 0.2) is 0 Å². The van der Waals surface area contributed by atoms with Gasteiger partial charge in [0.25, 0.3) is 0 Å². The molecule has 104 valence electrons. The molecule has 1 heterocycles. The Morgan fingerprint density at radius 2 is 1.95 bits per heavy atom. The largest absolute Gasteiger partial charge is 0.372 e. The average Bonchev–Trinajstić information content (AvgIpc) is 2.89. The van der Waals surface area contributed by atoms with Crippen LogP contribution >= 0.6 is 0 Å². The Morgan fingerprint density at radius 3 is 2.70 bits per heavy atom. The van der Waals surface area contributed by atoms with Crippen molar-refractivity contribution in [2.45, 2.75) is 26.2 Å². The third kappa shape index (κ3) is 2.33. The van der Waals surface area contributed by atoms with Crippen molar-refractivity contribution in [3.05, 3.63) is 70.0 Å². The molecule has 0 aromatic heterocycles. The molecule has 0 bridgehead atoms. The molecule has 1 aliphatic rings. The molecule has 3 N–H and O–H groups in total. The highest BCUT2D eigenvalue weighted by atomic mass is 19.1. The zero-order valence-corrected chi connectivity index (χ0v) is 11.3. The first-order valence-corrected chi connectivity index (χ1v) is 6.60. The van der Waals surface area contributed by atoms with Crippen LogP contribution in [0.5, 0.6) is 0 Å². The second kappa shape index (κ2) is 5.32. The molecule has 0 saturated heterocycles. The predicted octanol–water partition coefficient (Wildman–Crippen LogP) is 2.72. The smallest absolute Gasteiger partial charge is 0.123 e. The fourth-order valence-corrected chi connectivity index (χ4v) is 2.70. The van der Waals surface area contributed by atoms with Gasteiger partial charge < -0.3 is 4.74 Å². The number of aryl methyl sites for hydroxylation is 1. The maximum absolute atomic E-state index is 13.2. The molecule has 0 saturated carbocycles. The molecule has 0 spiro atoms. The second-order valence-electron chi connectivity index (χ2n) is 5.12. The molecule has 1 atom stereocenters. The molecular formula is C16H17FN2O. The molecule has 0 radical (unpaired) electrons. The number of nitrogens with one attached hydrogen (secondary N) is 1. The van der Waals surface area contributed by atoms with E-state index in [0.29, 0.717) is 13.2 Å². The normalized spacial score (nSPS) is 15.2. The van der Waals surface area contributed by atoms with Gasteiger partial charge in [0.1, 0.15) is 5.82 Å². The van der Waals surface area contributed by atoms with Crippen molar-refractivity contribution in [1.29, 1.82) is 0 Å². The van der Waals surface area contributed by atoms with Gasteiger partial charge in [0, 0.05) is 0 Å². The van der Waals surface area contributed by atoms with Crippen molar-refractivity contribution in [1.82, 2.24) is 5.43 Å². The van der Waals surface area contributed by atoms with Gasteiger partial charge in [-0.15, -0.1) is 0 Å². The lowest BCUT2D eigenvalue weighted by molar-refractivity contribution is 0.134. The van der Waals surface area contributed by atoms with E-state index in [9.17, 15) is 4.39 Å². The summed E-state index contributed by atoms with van der Waals surface area (Å²) in [6.45, 7) is 3.20. The first kappa shape index (κ1) is 13.2. The van der Waals surface area contributed by atoms with Crippen molar-refractivity contribution in [2.75, 3.05) is 0 Å². The third-order valence-corrected chi connectivity index (χ3v) is 3.79. The topological polar surface area (TPSA) is 47.3 Å². The van der Waals surface area contributed by atoms with Crippen LogP contribution in [0.1, 0.15) is 33.9 Å².